The maximum atomic E-state index is 8.83. The molecule has 0 heterocycles. The lowest BCUT2D eigenvalue weighted by molar-refractivity contribution is 0.341. The van der Waals surface area contributed by atoms with E-state index in [1.807, 2.05) is 26.0 Å². The quantitative estimate of drug-likeness (QED) is 0.481. The van der Waals surface area contributed by atoms with Crippen LogP contribution >= 0.6 is 0 Å². The van der Waals surface area contributed by atoms with Crippen molar-refractivity contribution in [1.29, 1.82) is 0 Å². The van der Waals surface area contributed by atoms with E-state index < -0.39 is 6.37 Å². The van der Waals surface area contributed by atoms with Crippen LogP contribution in [0, 0.1) is 0 Å². The summed E-state index contributed by atoms with van der Waals surface area (Å²) in [4.78, 5) is 0. The molecule has 0 aliphatic carbocycles. The molecule has 1 N–H and O–H groups in total. The normalized spacial score (nSPS) is 15.6. The van der Waals surface area contributed by atoms with Crippen LogP contribution in [0.1, 0.15) is 75.8 Å². The molecule has 0 aliphatic heterocycles. The van der Waals surface area contributed by atoms with E-state index in [1.54, 1.807) is 6.08 Å². The Balaban J connectivity index is 4.48. The standard InChI is InChI=1S/C20H34O/c1-17(2)9-6-10-18(3)11-7-12-19(4)13-8-14-20(5)15-16-21/h9,11,13,15,21H,6-8,10,12,14,16H2,1-5H3/b18-11+,19-13+,20-15+/i12D2. The second-order valence-corrected chi connectivity index (χ2v) is 5.91. The number of allylic oxidation sites excluding steroid dienone is 7. The van der Waals surface area contributed by atoms with E-state index in [2.05, 4.69) is 26.8 Å². The summed E-state index contributed by atoms with van der Waals surface area (Å²) in [6.45, 7) is 10.2. The van der Waals surface area contributed by atoms with Gasteiger partial charge in [0.25, 0.3) is 0 Å². The predicted octanol–water partition coefficient (Wildman–Crippen LogP) is 6.12. The summed E-state index contributed by atoms with van der Waals surface area (Å²) >= 11 is 0. The van der Waals surface area contributed by atoms with Gasteiger partial charge in [-0.1, -0.05) is 46.6 Å². The van der Waals surface area contributed by atoms with Crippen LogP contribution in [0.25, 0.3) is 0 Å². The number of hydrogen-bond donors (Lipinski definition) is 1. The van der Waals surface area contributed by atoms with Crippen LogP contribution in [0.4, 0.5) is 0 Å². The van der Waals surface area contributed by atoms with Crippen molar-refractivity contribution in [2.45, 2.75) is 73.1 Å². The molecule has 21 heavy (non-hydrogen) atoms. The van der Waals surface area contributed by atoms with Gasteiger partial charge < -0.3 is 5.11 Å². The molecule has 0 unspecified atom stereocenters. The van der Waals surface area contributed by atoms with Gasteiger partial charge in [0.1, 0.15) is 0 Å². The SMILES string of the molecule is [2H]C([2H])(C/C=C(\C)CCC=C(C)C)/C(C)=C/CC/C(C)=C/CO. The molecule has 0 bridgehead atoms. The van der Waals surface area contributed by atoms with Gasteiger partial charge in [0.05, 0.1) is 6.61 Å². The average molecular weight is 293 g/mol. The van der Waals surface area contributed by atoms with Gasteiger partial charge in [0.2, 0.25) is 0 Å². The van der Waals surface area contributed by atoms with E-state index in [-0.39, 0.29) is 6.61 Å². The van der Waals surface area contributed by atoms with Crippen LogP contribution in [0.5, 0.6) is 0 Å². The van der Waals surface area contributed by atoms with Crippen molar-refractivity contribution in [3.63, 3.8) is 0 Å². The van der Waals surface area contributed by atoms with Crippen molar-refractivity contribution in [1.82, 2.24) is 0 Å². The molecular weight excluding hydrogens is 256 g/mol. The molecule has 0 fully saturated rings. The summed E-state index contributed by atoms with van der Waals surface area (Å²) < 4.78 is 16.4. The Morgan fingerprint density at radius 1 is 0.762 bits per heavy atom. The number of aliphatic hydroxyl groups is 1. The molecule has 1 nitrogen and oxygen atoms in total. The summed E-state index contributed by atoms with van der Waals surface area (Å²) in [6, 6.07) is 0. The first-order chi connectivity index (χ1) is 10.7. The highest BCUT2D eigenvalue weighted by atomic mass is 16.2. The van der Waals surface area contributed by atoms with Crippen molar-refractivity contribution in [3.05, 3.63) is 46.6 Å². The molecule has 0 atom stereocenters. The van der Waals surface area contributed by atoms with Crippen molar-refractivity contribution in [2.24, 2.45) is 0 Å². The van der Waals surface area contributed by atoms with Crippen LogP contribution in [0.2, 0.25) is 0 Å². The Kier molecular flexibility index (Phi) is 9.81. The molecule has 0 aliphatic rings. The molecule has 0 aromatic carbocycles. The minimum Gasteiger partial charge on any atom is -0.392 e. The van der Waals surface area contributed by atoms with Crippen molar-refractivity contribution in [2.75, 3.05) is 6.61 Å². The average Bonchev–Trinajstić information content (AvgIpc) is 2.45. The zero-order chi connectivity index (χ0) is 17.9. The maximum Gasteiger partial charge on any atom is 0.0614 e. The molecule has 0 rings (SSSR count). The molecular formula is C20H34O. The summed E-state index contributed by atoms with van der Waals surface area (Å²) in [5.74, 6) is 0. The molecule has 0 saturated heterocycles. The van der Waals surface area contributed by atoms with Gasteiger partial charge in [0, 0.05) is 2.74 Å². The van der Waals surface area contributed by atoms with Crippen molar-refractivity contribution >= 4 is 0 Å². The molecule has 0 aromatic rings. The van der Waals surface area contributed by atoms with Gasteiger partial charge in [-0.3, -0.25) is 0 Å². The van der Waals surface area contributed by atoms with Crippen LogP contribution in [-0.4, -0.2) is 11.7 Å². The maximum absolute atomic E-state index is 8.83. The fraction of sp³-hybridized carbons (Fsp3) is 0.600. The number of rotatable bonds is 10. The Bertz CT molecular complexity index is 464. The third-order valence-corrected chi connectivity index (χ3v) is 3.35. The van der Waals surface area contributed by atoms with Crippen molar-refractivity contribution in [3.8, 4) is 0 Å². The molecule has 0 radical (unpaired) electrons. The summed E-state index contributed by atoms with van der Waals surface area (Å²) in [7, 11) is 0. The fourth-order valence-electron chi connectivity index (χ4n) is 1.92. The summed E-state index contributed by atoms with van der Waals surface area (Å²) in [5.41, 5.74) is 4.52. The lowest BCUT2D eigenvalue weighted by atomic mass is 10.0. The van der Waals surface area contributed by atoms with E-state index in [9.17, 15) is 0 Å². The molecule has 0 spiro atoms. The summed E-state index contributed by atoms with van der Waals surface area (Å²) in [6.07, 6.45) is 10.9. The molecule has 0 saturated carbocycles. The topological polar surface area (TPSA) is 20.2 Å². The molecule has 0 amide bonds. The van der Waals surface area contributed by atoms with Crippen LogP contribution < -0.4 is 0 Å². The highest BCUT2D eigenvalue weighted by Crippen LogP contribution is 2.13. The van der Waals surface area contributed by atoms with Gasteiger partial charge in [-0.15, -0.1) is 0 Å². The predicted molar refractivity (Wildman–Crippen MR) is 95.5 cm³/mol. The lowest BCUT2D eigenvalue weighted by Crippen LogP contribution is -1.83. The van der Waals surface area contributed by atoms with E-state index in [0.29, 0.717) is 6.42 Å². The minimum atomic E-state index is -1.29. The first-order valence-electron chi connectivity index (χ1n) is 8.91. The zero-order valence-electron chi connectivity index (χ0n) is 16.5. The molecule has 120 valence electrons. The van der Waals surface area contributed by atoms with Crippen LogP contribution in [0.3, 0.4) is 0 Å². The molecule has 0 aromatic heterocycles. The van der Waals surface area contributed by atoms with E-state index in [4.69, 9.17) is 7.85 Å². The van der Waals surface area contributed by atoms with Gasteiger partial charge in [-0.2, -0.15) is 0 Å². The highest BCUT2D eigenvalue weighted by molar-refractivity contribution is 5.07. The van der Waals surface area contributed by atoms with Crippen LogP contribution in [0.15, 0.2) is 46.6 Å². The fourth-order valence-corrected chi connectivity index (χ4v) is 1.92. The van der Waals surface area contributed by atoms with E-state index >= 15 is 0 Å². The highest BCUT2D eigenvalue weighted by Gasteiger charge is 1.93. The van der Waals surface area contributed by atoms with Crippen LogP contribution in [-0.2, 0) is 0 Å². The number of hydrogen-bond acceptors (Lipinski definition) is 1. The first-order valence-corrected chi connectivity index (χ1v) is 7.91. The third kappa shape index (κ3) is 13.7. The van der Waals surface area contributed by atoms with Gasteiger partial charge in [-0.25, -0.2) is 0 Å². The monoisotopic (exact) mass is 292 g/mol. The van der Waals surface area contributed by atoms with E-state index in [1.165, 1.54) is 11.1 Å². The third-order valence-electron chi connectivity index (χ3n) is 3.35. The second-order valence-electron chi connectivity index (χ2n) is 5.91. The second kappa shape index (κ2) is 12.6. The Hall–Kier alpha value is -1.08. The largest absolute Gasteiger partial charge is 0.392 e. The molecule has 1 heteroatoms. The summed E-state index contributed by atoms with van der Waals surface area (Å²) in [5, 5.41) is 8.83. The van der Waals surface area contributed by atoms with Crippen molar-refractivity contribution < 1.29 is 7.85 Å². The zero-order valence-corrected chi connectivity index (χ0v) is 14.5. The lowest BCUT2D eigenvalue weighted by Gasteiger charge is -2.02. The first kappa shape index (κ1) is 16.3. The Morgan fingerprint density at radius 2 is 1.29 bits per heavy atom. The number of aliphatic hydroxyl groups excluding tert-OH is 1. The van der Waals surface area contributed by atoms with Gasteiger partial charge >= 0.3 is 0 Å². The Morgan fingerprint density at radius 3 is 1.86 bits per heavy atom. The van der Waals surface area contributed by atoms with E-state index in [0.717, 1.165) is 36.8 Å². The van der Waals surface area contributed by atoms with Gasteiger partial charge in [-0.05, 0) is 73.1 Å². The van der Waals surface area contributed by atoms with Gasteiger partial charge in [0.15, 0.2) is 0 Å². The minimum absolute atomic E-state index is 0.0756. The Labute approximate surface area is 135 Å². The smallest absolute Gasteiger partial charge is 0.0614 e.